The van der Waals surface area contributed by atoms with E-state index < -0.39 is 11.6 Å². The van der Waals surface area contributed by atoms with Crippen molar-refractivity contribution in [3.63, 3.8) is 0 Å². The molecule has 3 N–H and O–H groups in total. The summed E-state index contributed by atoms with van der Waals surface area (Å²) in [7, 11) is 0. The zero-order valence-electron chi connectivity index (χ0n) is 25.5. The maximum Gasteiger partial charge on any atom is 0.266 e. The molecule has 0 fully saturated rings. The highest BCUT2D eigenvalue weighted by atomic mass is 79.9. The summed E-state index contributed by atoms with van der Waals surface area (Å²) in [6.07, 6.45) is 0.547. The van der Waals surface area contributed by atoms with Gasteiger partial charge in [0.05, 0.1) is 13.2 Å². The topological polar surface area (TPSA) is 141 Å². The van der Waals surface area contributed by atoms with Crippen molar-refractivity contribution in [3.8, 4) is 5.75 Å². The number of halogens is 2. The number of aliphatic hydroxyl groups excluding tert-OH is 1. The minimum atomic E-state index is -1.45. The lowest BCUT2D eigenvalue weighted by molar-refractivity contribution is -0.130. The first-order valence-electron chi connectivity index (χ1n) is 15.1. The Bertz CT molecular complexity index is 1730. The normalized spacial score (nSPS) is 16.9. The van der Waals surface area contributed by atoms with Gasteiger partial charge in [-0.3, -0.25) is 10.2 Å². The van der Waals surface area contributed by atoms with Gasteiger partial charge in [-0.25, -0.2) is 10.4 Å². The predicted molar refractivity (Wildman–Crippen MR) is 185 cm³/mol. The van der Waals surface area contributed by atoms with Gasteiger partial charge in [-0.2, -0.15) is 0 Å². The maximum absolute atomic E-state index is 14.5. The van der Waals surface area contributed by atoms with Crippen LogP contribution in [-0.2, 0) is 28.9 Å². The number of amides is 1. The highest BCUT2D eigenvalue weighted by Crippen LogP contribution is 2.44. The Kier molecular flexibility index (Phi) is 11.9. The third kappa shape index (κ3) is 8.71. The van der Waals surface area contributed by atoms with Gasteiger partial charge >= 0.3 is 0 Å². The molecule has 0 spiro atoms. The van der Waals surface area contributed by atoms with E-state index >= 15 is 0 Å². The number of nitrogens with zero attached hydrogens (tertiary/aromatic N) is 4. The van der Waals surface area contributed by atoms with Crippen LogP contribution in [0.1, 0.15) is 40.3 Å². The Labute approximate surface area is 286 Å². The second-order valence-electron chi connectivity index (χ2n) is 10.9. The molecule has 0 aromatic heterocycles. The van der Waals surface area contributed by atoms with E-state index in [4.69, 9.17) is 36.7 Å². The Morgan fingerprint density at radius 2 is 1.77 bits per heavy atom. The average Bonchev–Trinajstić information content (AvgIpc) is 3.48. The number of nitrogens with one attached hydrogen (secondary N) is 2. The fourth-order valence-electron chi connectivity index (χ4n) is 5.32. The molecule has 1 aliphatic rings. The Morgan fingerprint density at radius 1 is 1.04 bits per heavy atom. The molecule has 10 nitrogen and oxygen atoms in total. The molecule has 4 aromatic carbocycles. The van der Waals surface area contributed by atoms with Gasteiger partial charge in [-0.05, 0) is 82.7 Å². The van der Waals surface area contributed by atoms with E-state index in [1.807, 2.05) is 84.9 Å². The van der Waals surface area contributed by atoms with Gasteiger partial charge in [-0.15, -0.1) is 0 Å². The Hall–Kier alpha value is -4.38. The van der Waals surface area contributed by atoms with Crippen LogP contribution >= 0.6 is 27.5 Å². The number of aliphatic imine (C=N–C) groups is 1. The lowest BCUT2D eigenvalue weighted by Gasteiger charge is -2.32. The van der Waals surface area contributed by atoms with Gasteiger partial charge in [0.15, 0.2) is 11.6 Å². The van der Waals surface area contributed by atoms with Crippen molar-refractivity contribution < 1.29 is 19.4 Å². The van der Waals surface area contributed by atoms with E-state index in [2.05, 4.69) is 36.8 Å². The molecule has 4 aromatic rings. The molecular weight excluding hydrogens is 684 g/mol. The summed E-state index contributed by atoms with van der Waals surface area (Å²) in [6, 6.07) is 30.0. The number of hydrogen-bond donors (Lipinski definition) is 3. The number of rotatable bonds is 15. The lowest BCUT2D eigenvalue weighted by atomic mass is 9.81. The lowest BCUT2D eigenvalue weighted by Crippen LogP contribution is -2.54. The number of hydrogen-bond acceptors (Lipinski definition) is 7. The fraction of sp³-hybridized carbons (Fsp3) is 0.257. The van der Waals surface area contributed by atoms with Crippen molar-refractivity contribution in [2.45, 2.75) is 37.5 Å². The Balaban J connectivity index is 1.52. The smallest absolute Gasteiger partial charge is 0.266 e. The van der Waals surface area contributed by atoms with E-state index in [1.54, 1.807) is 12.1 Å². The second-order valence-corrected chi connectivity index (χ2v) is 12.3. The van der Waals surface area contributed by atoms with Crippen LogP contribution in [0.25, 0.3) is 10.4 Å². The number of hydrazine groups is 1. The molecule has 242 valence electrons. The van der Waals surface area contributed by atoms with Gasteiger partial charge in [0, 0.05) is 46.0 Å². The van der Waals surface area contributed by atoms with Crippen molar-refractivity contribution in [1.82, 2.24) is 10.9 Å². The van der Waals surface area contributed by atoms with E-state index in [1.165, 1.54) is 0 Å². The fourth-order valence-corrected chi connectivity index (χ4v) is 5.71. The average molecular weight is 718 g/mol. The van der Waals surface area contributed by atoms with E-state index in [0.29, 0.717) is 53.8 Å². The second kappa shape index (κ2) is 16.4. The molecule has 12 heteroatoms. The first-order chi connectivity index (χ1) is 22.9. The van der Waals surface area contributed by atoms with E-state index in [9.17, 15) is 4.79 Å². The summed E-state index contributed by atoms with van der Waals surface area (Å²) in [5.41, 5.74) is 17.7. The maximum atomic E-state index is 14.5. The van der Waals surface area contributed by atoms with Gasteiger partial charge in [0.25, 0.3) is 5.91 Å². The Morgan fingerprint density at radius 3 is 2.49 bits per heavy atom. The molecule has 0 bridgehead atoms. The van der Waals surface area contributed by atoms with Gasteiger partial charge in [0.1, 0.15) is 5.75 Å². The number of ether oxygens (including phenoxy) is 2. The summed E-state index contributed by atoms with van der Waals surface area (Å²) < 4.78 is 13.3. The molecule has 0 unspecified atom stereocenters. The van der Waals surface area contributed by atoms with Crippen LogP contribution in [0.2, 0.25) is 5.02 Å². The zero-order valence-corrected chi connectivity index (χ0v) is 27.8. The standard InChI is InChI=1S/C35H34BrClN6O4/c36-28-12-6-25(7-13-28)22-35(34(45)42-39-19-18-24-8-14-29(37)15-9-24)32(31-5-2-1-4-27(31)23-40-43-38)47-33(41-35)26-10-16-30(17-11-26)46-21-3-20-44/h1-2,4-17,32,39,44H,3,18-23H2,(H,42,45)/t32-,35-/m0/s1. The summed E-state index contributed by atoms with van der Waals surface area (Å²) in [5.74, 6) is 0.559. The van der Waals surface area contributed by atoms with Crippen LogP contribution in [0.5, 0.6) is 5.75 Å². The monoisotopic (exact) mass is 716 g/mol. The minimum absolute atomic E-state index is 0.0454. The molecule has 47 heavy (non-hydrogen) atoms. The molecule has 0 aliphatic carbocycles. The molecule has 0 saturated carbocycles. The molecule has 1 heterocycles. The minimum Gasteiger partial charge on any atom is -0.494 e. The molecular formula is C35H34BrClN6O4. The van der Waals surface area contributed by atoms with Crippen LogP contribution in [0.4, 0.5) is 0 Å². The third-order valence-corrected chi connectivity index (χ3v) is 8.49. The van der Waals surface area contributed by atoms with Gasteiger partial charge in [0.2, 0.25) is 5.90 Å². The SMILES string of the molecule is [N-]=[N+]=NCc1ccccc1[C@@H]1OC(c2ccc(OCCCO)cc2)=N[C@]1(Cc1ccc(Br)cc1)C(=O)NNCCc1ccc(Cl)cc1. The van der Waals surface area contributed by atoms with Crippen LogP contribution in [0, 0.1) is 0 Å². The number of carbonyl (C=O) groups is 1. The van der Waals surface area contributed by atoms with Crippen molar-refractivity contribution >= 4 is 39.3 Å². The zero-order chi connectivity index (χ0) is 33.1. The van der Waals surface area contributed by atoms with Crippen LogP contribution < -0.4 is 15.6 Å². The van der Waals surface area contributed by atoms with E-state index in [-0.39, 0.29) is 25.5 Å². The number of carbonyl (C=O) groups excluding carboxylic acids is 1. The molecule has 2 atom stereocenters. The number of azide groups is 1. The quantitative estimate of drug-likeness (QED) is 0.0398. The van der Waals surface area contributed by atoms with Crippen molar-refractivity contribution in [2.24, 2.45) is 10.1 Å². The van der Waals surface area contributed by atoms with Crippen LogP contribution in [0.15, 0.2) is 112 Å². The van der Waals surface area contributed by atoms with Crippen molar-refractivity contribution in [2.75, 3.05) is 19.8 Å². The summed E-state index contributed by atoms with van der Waals surface area (Å²) in [6.45, 7) is 0.981. The van der Waals surface area contributed by atoms with Crippen LogP contribution in [0.3, 0.4) is 0 Å². The molecule has 5 rings (SSSR count). The third-order valence-electron chi connectivity index (χ3n) is 7.71. The summed E-state index contributed by atoms with van der Waals surface area (Å²) in [4.78, 5) is 22.5. The van der Waals surface area contributed by atoms with Gasteiger partial charge in [-0.1, -0.05) is 81.2 Å². The van der Waals surface area contributed by atoms with Crippen molar-refractivity contribution in [1.29, 1.82) is 0 Å². The summed E-state index contributed by atoms with van der Waals surface area (Å²) in [5, 5.41) is 13.5. The van der Waals surface area contributed by atoms with E-state index in [0.717, 1.165) is 21.2 Å². The highest BCUT2D eigenvalue weighted by Gasteiger charge is 2.53. The largest absolute Gasteiger partial charge is 0.494 e. The predicted octanol–water partition coefficient (Wildman–Crippen LogP) is 7.04. The number of benzene rings is 4. The highest BCUT2D eigenvalue weighted by molar-refractivity contribution is 9.10. The molecule has 0 radical (unpaired) electrons. The van der Waals surface area contributed by atoms with Crippen LogP contribution in [-0.4, -0.2) is 42.2 Å². The van der Waals surface area contributed by atoms with Crippen molar-refractivity contribution in [3.05, 3.63) is 145 Å². The van der Waals surface area contributed by atoms with Gasteiger partial charge < -0.3 is 14.6 Å². The number of aliphatic hydroxyl groups is 1. The molecule has 1 amide bonds. The first-order valence-corrected chi connectivity index (χ1v) is 16.3. The first kappa shape index (κ1) is 34.0. The molecule has 1 aliphatic heterocycles. The summed E-state index contributed by atoms with van der Waals surface area (Å²) >= 11 is 9.54. The molecule has 0 saturated heterocycles.